The Morgan fingerprint density at radius 1 is 1.63 bits per heavy atom. The first-order valence-electron chi connectivity index (χ1n) is 5.85. The Kier molecular flexibility index (Phi) is 5.81. The molecular weight excluding hydrogens is 330 g/mol. The van der Waals surface area contributed by atoms with Gasteiger partial charge in [0.2, 0.25) is 0 Å². The zero-order valence-electron chi connectivity index (χ0n) is 11.2. The molecular formula is C12H18BrN3O2S. The molecule has 7 heteroatoms. The first-order valence-corrected chi connectivity index (χ1v) is 7.52. The van der Waals surface area contributed by atoms with Crippen molar-refractivity contribution < 1.29 is 9.63 Å². The molecule has 1 aromatic rings. The average Bonchev–Trinajstić information content (AvgIpc) is 2.75. The van der Waals surface area contributed by atoms with Crippen LogP contribution in [0, 0.1) is 0 Å². The first-order chi connectivity index (χ1) is 8.84. The minimum atomic E-state index is -0.242. The number of hydrogen-bond acceptors (Lipinski definition) is 4. The number of rotatable bonds is 6. The Morgan fingerprint density at radius 3 is 2.84 bits per heavy atom. The van der Waals surface area contributed by atoms with E-state index in [1.165, 1.54) is 11.3 Å². The van der Waals surface area contributed by atoms with Gasteiger partial charge >= 0.3 is 0 Å². The molecule has 0 aliphatic rings. The predicted octanol–water partition coefficient (Wildman–Crippen LogP) is 2.45. The summed E-state index contributed by atoms with van der Waals surface area (Å²) >= 11 is 4.77. The van der Waals surface area contributed by atoms with Gasteiger partial charge in [-0.15, -0.1) is 11.3 Å². The molecule has 0 aromatic carbocycles. The van der Waals surface area contributed by atoms with E-state index in [4.69, 9.17) is 10.6 Å². The highest BCUT2D eigenvalue weighted by Crippen LogP contribution is 2.19. The van der Waals surface area contributed by atoms with Gasteiger partial charge in [-0.05, 0) is 42.3 Å². The third-order valence-electron chi connectivity index (χ3n) is 2.54. The Labute approximate surface area is 125 Å². The highest BCUT2D eigenvalue weighted by atomic mass is 79.9. The lowest BCUT2D eigenvalue weighted by atomic mass is 10.0. The van der Waals surface area contributed by atoms with Gasteiger partial charge in [0.1, 0.15) is 0 Å². The number of hydrogen-bond donors (Lipinski definition) is 2. The summed E-state index contributed by atoms with van der Waals surface area (Å²) in [6, 6.07) is 1.84. The highest BCUT2D eigenvalue weighted by Gasteiger charge is 2.17. The van der Waals surface area contributed by atoms with Crippen LogP contribution in [0.4, 0.5) is 0 Å². The SMILES string of the molecule is CCC(C)(C)NC(=O)CO/N=C(/N)c1cc(Br)cs1. The summed E-state index contributed by atoms with van der Waals surface area (Å²) in [6.45, 7) is 5.76. The quantitative estimate of drug-likeness (QED) is 0.471. The molecule has 0 radical (unpaired) electrons. The average molecular weight is 348 g/mol. The molecule has 0 spiro atoms. The van der Waals surface area contributed by atoms with Gasteiger partial charge in [0.05, 0.1) is 4.88 Å². The van der Waals surface area contributed by atoms with Gasteiger partial charge in [0.15, 0.2) is 12.4 Å². The number of oxime groups is 1. The fourth-order valence-electron chi connectivity index (χ4n) is 1.15. The Balaban J connectivity index is 2.43. The van der Waals surface area contributed by atoms with Gasteiger partial charge in [0, 0.05) is 15.4 Å². The molecule has 0 bridgehead atoms. The van der Waals surface area contributed by atoms with Crippen molar-refractivity contribution in [2.24, 2.45) is 10.9 Å². The smallest absolute Gasteiger partial charge is 0.261 e. The molecule has 0 atom stereocenters. The summed E-state index contributed by atoms with van der Waals surface area (Å²) in [7, 11) is 0. The van der Waals surface area contributed by atoms with Crippen molar-refractivity contribution in [3.63, 3.8) is 0 Å². The Bertz CT molecular complexity index is 471. The van der Waals surface area contributed by atoms with Crippen LogP contribution in [0.1, 0.15) is 32.1 Å². The van der Waals surface area contributed by atoms with E-state index in [1.807, 2.05) is 32.2 Å². The normalized spacial score (nSPS) is 12.3. The van der Waals surface area contributed by atoms with Crippen LogP contribution in [0.2, 0.25) is 0 Å². The fourth-order valence-corrected chi connectivity index (χ4v) is 2.48. The monoisotopic (exact) mass is 347 g/mol. The standard InChI is InChI=1S/C12H18BrN3O2S/c1-4-12(2,3)15-10(17)6-18-16-11(14)9-5-8(13)7-19-9/h5,7H,4,6H2,1-3H3,(H2,14,16)(H,15,17). The minimum Gasteiger partial charge on any atom is -0.384 e. The van der Waals surface area contributed by atoms with Crippen LogP contribution in [-0.4, -0.2) is 23.9 Å². The maximum absolute atomic E-state index is 11.6. The lowest BCUT2D eigenvalue weighted by molar-refractivity contribution is -0.127. The zero-order valence-corrected chi connectivity index (χ0v) is 13.6. The zero-order chi connectivity index (χ0) is 14.5. The van der Waals surface area contributed by atoms with Crippen LogP contribution in [-0.2, 0) is 9.63 Å². The van der Waals surface area contributed by atoms with Gasteiger partial charge in [0.25, 0.3) is 5.91 Å². The molecule has 3 N–H and O–H groups in total. The van der Waals surface area contributed by atoms with Crippen molar-refractivity contribution in [3.05, 3.63) is 20.8 Å². The summed E-state index contributed by atoms with van der Waals surface area (Å²) in [5, 5.41) is 8.47. The summed E-state index contributed by atoms with van der Waals surface area (Å²) in [6.07, 6.45) is 0.841. The van der Waals surface area contributed by atoms with Crippen molar-refractivity contribution >= 4 is 39.0 Å². The van der Waals surface area contributed by atoms with E-state index in [9.17, 15) is 4.79 Å². The van der Waals surface area contributed by atoms with E-state index in [0.717, 1.165) is 15.8 Å². The topological polar surface area (TPSA) is 76.7 Å². The molecule has 1 amide bonds. The second kappa shape index (κ2) is 6.91. The van der Waals surface area contributed by atoms with Crippen LogP contribution in [0.25, 0.3) is 0 Å². The number of carbonyl (C=O) groups excluding carboxylic acids is 1. The third kappa shape index (κ3) is 5.61. The van der Waals surface area contributed by atoms with Crippen molar-refractivity contribution in [2.45, 2.75) is 32.7 Å². The molecule has 0 fully saturated rings. The number of thiophene rings is 1. The minimum absolute atomic E-state index is 0.142. The second-order valence-electron chi connectivity index (χ2n) is 4.66. The number of nitrogens with zero attached hydrogens (tertiary/aromatic N) is 1. The van der Waals surface area contributed by atoms with E-state index in [0.29, 0.717) is 0 Å². The lowest BCUT2D eigenvalue weighted by Crippen LogP contribution is -2.44. The van der Waals surface area contributed by atoms with Crippen molar-refractivity contribution in [1.82, 2.24) is 5.32 Å². The van der Waals surface area contributed by atoms with Gasteiger partial charge in [-0.3, -0.25) is 4.79 Å². The molecule has 106 valence electrons. The number of nitrogens with one attached hydrogen (secondary N) is 1. The summed E-state index contributed by atoms with van der Waals surface area (Å²) < 4.78 is 0.938. The van der Waals surface area contributed by atoms with Gasteiger partial charge in [-0.1, -0.05) is 12.1 Å². The van der Waals surface area contributed by atoms with Gasteiger partial charge < -0.3 is 15.9 Å². The van der Waals surface area contributed by atoms with E-state index >= 15 is 0 Å². The Morgan fingerprint density at radius 2 is 2.32 bits per heavy atom. The van der Waals surface area contributed by atoms with Crippen LogP contribution in [0.5, 0.6) is 0 Å². The van der Waals surface area contributed by atoms with Crippen molar-refractivity contribution in [1.29, 1.82) is 0 Å². The molecule has 1 aromatic heterocycles. The van der Waals surface area contributed by atoms with E-state index in [-0.39, 0.29) is 23.9 Å². The van der Waals surface area contributed by atoms with Crippen LogP contribution < -0.4 is 11.1 Å². The number of carbonyl (C=O) groups is 1. The van der Waals surface area contributed by atoms with Crippen molar-refractivity contribution in [2.75, 3.05) is 6.61 Å². The third-order valence-corrected chi connectivity index (χ3v) is 4.25. The first kappa shape index (κ1) is 16.0. The van der Waals surface area contributed by atoms with E-state index < -0.39 is 0 Å². The van der Waals surface area contributed by atoms with E-state index in [2.05, 4.69) is 26.4 Å². The largest absolute Gasteiger partial charge is 0.384 e. The van der Waals surface area contributed by atoms with Crippen LogP contribution >= 0.6 is 27.3 Å². The van der Waals surface area contributed by atoms with Gasteiger partial charge in [-0.25, -0.2) is 0 Å². The number of amides is 1. The van der Waals surface area contributed by atoms with E-state index in [1.54, 1.807) is 0 Å². The molecule has 19 heavy (non-hydrogen) atoms. The molecule has 1 rings (SSSR count). The molecule has 0 saturated heterocycles. The summed E-state index contributed by atoms with van der Waals surface area (Å²) in [5.74, 6) is 0.0500. The highest BCUT2D eigenvalue weighted by molar-refractivity contribution is 9.10. The maximum Gasteiger partial charge on any atom is 0.261 e. The van der Waals surface area contributed by atoms with Crippen molar-refractivity contribution in [3.8, 4) is 0 Å². The molecule has 0 aliphatic carbocycles. The molecule has 5 nitrogen and oxygen atoms in total. The summed E-state index contributed by atoms with van der Waals surface area (Å²) in [4.78, 5) is 17.3. The Hall–Kier alpha value is -1.08. The molecule has 0 aliphatic heterocycles. The fraction of sp³-hybridized carbons (Fsp3) is 0.500. The lowest BCUT2D eigenvalue weighted by Gasteiger charge is -2.23. The number of nitrogens with two attached hydrogens (primary N) is 1. The molecule has 1 heterocycles. The number of amidine groups is 1. The number of halogens is 1. The van der Waals surface area contributed by atoms with Gasteiger partial charge in [-0.2, -0.15) is 0 Å². The maximum atomic E-state index is 11.6. The second-order valence-corrected chi connectivity index (χ2v) is 6.49. The summed E-state index contributed by atoms with van der Waals surface area (Å²) in [5.41, 5.74) is 5.49. The van der Waals surface area contributed by atoms with Crippen LogP contribution in [0.3, 0.4) is 0 Å². The van der Waals surface area contributed by atoms with Crippen LogP contribution in [0.15, 0.2) is 21.1 Å². The molecule has 0 saturated carbocycles. The molecule has 0 unspecified atom stereocenters. The predicted molar refractivity (Wildman–Crippen MR) is 81.2 cm³/mol.